The molecule has 46 heavy (non-hydrogen) atoms. The van der Waals surface area contributed by atoms with Crippen LogP contribution in [-0.4, -0.2) is 108 Å². The van der Waals surface area contributed by atoms with Crippen molar-refractivity contribution in [2.24, 2.45) is 45.3 Å². The lowest BCUT2D eigenvalue weighted by molar-refractivity contribution is -0.337. The molecule has 1 aliphatic heterocycles. The number of hydrogen-bond acceptors (Lipinski definition) is 10. The van der Waals surface area contributed by atoms with Crippen LogP contribution in [0.5, 0.6) is 0 Å². The third-order valence-electron chi connectivity index (χ3n) is 14.8. The summed E-state index contributed by atoms with van der Waals surface area (Å²) in [6.07, 6.45) is -5.04. The minimum absolute atomic E-state index is 0.102. The van der Waals surface area contributed by atoms with Gasteiger partial charge in [0.2, 0.25) is 0 Å². The lowest BCUT2D eigenvalue weighted by Gasteiger charge is -2.71. The Kier molecular flexibility index (Phi) is 9.78. The molecule has 10 heteroatoms. The molecule has 8 N–H and O–H groups in total. The zero-order valence-corrected chi connectivity index (χ0v) is 29.0. The molecule has 266 valence electrons. The fourth-order valence-electron chi connectivity index (χ4n) is 12.1. The van der Waals surface area contributed by atoms with Crippen LogP contribution in [0.25, 0.3) is 0 Å². The van der Waals surface area contributed by atoms with Crippen molar-refractivity contribution in [3.05, 3.63) is 12.2 Å². The van der Waals surface area contributed by atoms with Gasteiger partial charge in [-0.3, -0.25) is 0 Å². The first kappa shape index (κ1) is 36.6. The van der Waals surface area contributed by atoms with Crippen molar-refractivity contribution in [1.29, 1.82) is 0 Å². The van der Waals surface area contributed by atoms with Gasteiger partial charge in [0, 0.05) is 0 Å². The summed E-state index contributed by atoms with van der Waals surface area (Å²) in [5.41, 5.74) is -1.88. The molecule has 0 aromatic carbocycles. The number of hydrogen-bond donors (Lipinski definition) is 8. The van der Waals surface area contributed by atoms with E-state index in [1.165, 1.54) is 0 Å². The molecule has 0 aromatic rings. The quantitative estimate of drug-likeness (QED) is 0.181. The lowest BCUT2D eigenvalue weighted by Crippen LogP contribution is -2.70. The van der Waals surface area contributed by atoms with Crippen molar-refractivity contribution in [3.8, 4) is 0 Å². The van der Waals surface area contributed by atoms with Gasteiger partial charge in [-0.1, -0.05) is 46.8 Å². The Labute approximate surface area is 274 Å². The molecule has 17 atom stereocenters. The first-order valence-corrected chi connectivity index (χ1v) is 17.6. The smallest absolute Gasteiger partial charge is 0.187 e. The molecule has 4 aliphatic carbocycles. The predicted octanol–water partition coefficient (Wildman–Crippen LogP) is 2.27. The van der Waals surface area contributed by atoms with Gasteiger partial charge >= 0.3 is 0 Å². The highest BCUT2D eigenvalue weighted by atomic mass is 16.7. The third-order valence-corrected chi connectivity index (χ3v) is 14.8. The molecule has 5 rings (SSSR count). The van der Waals surface area contributed by atoms with Crippen LogP contribution in [0.3, 0.4) is 0 Å². The van der Waals surface area contributed by atoms with E-state index in [9.17, 15) is 40.9 Å². The topological polar surface area (TPSA) is 180 Å². The molecular weight excluding hydrogens is 592 g/mol. The standard InChI is InChI=1S/C36H62O10/c1-18(2)20(38)10-14-36(8,46-31-29(44)28(43)27(42)23(17-37)45-31)19-9-13-34(6)26(19)21(39)15-24-33(5)12-11-25(41)32(3,4)30(33)22(40)16-35(24,34)7/h19-31,37-44H,1,9-17H2,2-8H3/t19-,20?,21+,22-,23+,24+,25-,26-,27+,28-,29+,30-,31-,33+,34+,35+,36-/m0/s1. The van der Waals surface area contributed by atoms with Gasteiger partial charge in [-0.2, -0.15) is 0 Å². The zero-order valence-electron chi connectivity index (χ0n) is 29.0. The van der Waals surface area contributed by atoms with E-state index in [1.807, 2.05) is 6.92 Å². The predicted molar refractivity (Wildman–Crippen MR) is 171 cm³/mol. The summed E-state index contributed by atoms with van der Waals surface area (Å²) >= 11 is 0. The van der Waals surface area contributed by atoms with Crippen LogP contribution in [0.4, 0.5) is 0 Å². The van der Waals surface area contributed by atoms with Crippen LogP contribution in [0.1, 0.15) is 99.8 Å². The van der Waals surface area contributed by atoms with Gasteiger partial charge in [-0.05, 0) is 111 Å². The van der Waals surface area contributed by atoms with Gasteiger partial charge in [0.05, 0.1) is 36.6 Å². The average molecular weight is 655 g/mol. The van der Waals surface area contributed by atoms with Crippen molar-refractivity contribution in [2.45, 2.75) is 161 Å². The van der Waals surface area contributed by atoms with Crippen molar-refractivity contribution in [2.75, 3.05) is 6.61 Å². The van der Waals surface area contributed by atoms with E-state index in [2.05, 4.69) is 41.2 Å². The van der Waals surface area contributed by atoms with E-state index in [0.717, 1.165) is 12.8 Å². The molecule has 0 bridgehead atoms. The summed E-state index contributed by atoms with van der Waals surface area (Å²) in [6, 6.07) is 0. The molecule has 0 amide bonds. The Balaban J connectivity index is 1.51. The summed E-state index contributed by atoms with van der Waals surface area (Å²) < 4.78 is 12.5. The normalized spacial score (nSPS) is 52.2. The minimum Gasteiger partial charge on any atom is -0.394 e. The molecule has 0 aromatic heterocycles. The Morgan fingerprint density at radius 3 is 2.20 bits per heavy atom. The minimum atomic E-state index is -1.59. The monoisotopic (exact) mass is 654 g/mol. The summed E-state index contributed by atoms with van der Waals surface area (Å²) in [7, 11) is 0. The number of rotatable bonds is 8. The SMILES string of the molecule is C=C(C)C(O)CC[C@](C)(O[C@@H]1O[C@H](CO)[C@@H](O)[C@H](O)[C@H]1O)[C@H]1CC[C@]2(C)[C@@H]1[C@H](O)C[C@@H]1[C@@]3(C)CC[C@H](O)C(C)(C)[C@@H]3[C@@H](O)C[C@]12C. The Hall–Kier alpha value is -0.660. The maximum Gasteiger partial charge on any atom is 0.187 e. The van der Waals surface area contributed by atoms with Crippen molar-refractivity contribution in [1.82, 2.24) is 0 Å². The molecule has 10 nitrogen and oxygen atoms in total. The Bertz CT molecular complexity index is 1130. The molecule has 1 unspecified atom stereocenters. The molecule has 0 radical (unpaired) electrons. The Morgan fingerprint density at radius 2 is 1.59 bits per heavy atom. The largest absolute Gasteiger partial charge is 0.394 e. The molecule has 5 aliphatic rings. The van der Waals surface area contributed by atoms with Crippen molar-refractivity contribution < 1.29 is 50.3 Å². The fourth-order valence-corrected chi connectivity index (χ4v) is 12.1. The summed E-state index contributed by atoms with van der Waals surface area (Å²) in [6.45, 7) is 18.0. The summed E-state index contributed by atoms with van der Waals surface area (Å²) in [5, 5.41) is 87.7. The summed E-state index contributed by atoms with van der Waals surface area (Å²) in [5.74, 6) is -0.449. The first-order valence-electron chi connectivity index (χ1n) is 17.6. The fraction of sp³-hybridized carbons (Fsp3) is 0.944. The maximum absolute atomic E-state index is 12.2. The lowest BCUT2D eigenvalue weighted by atomic mass is 9.34. The van der Waals surface area contributed by atoms with Gasteiger partial charge in [0.25, 0.3) is 0 Å². The zero-order chi connectivity index (χ0) is 34.4. The van der Waals surface area contributed by atoms with Crippen LogP contribution in [-0.2, 0) is 9.47 Å². The molecule has 1 saturated heterocycles. The van der Waals surface area contributed by atoms with Crippen LogP contribution < -0.4 is 0 Å². The summed E-state index contributed by atoms with van der Waals surface area (Å²) in [4.78, 5) is 0. The van der Waals surface area contributed by atoms with E-state index >= 15 is 0 Å². The van der Waals surface area contributed by atoms with Gasteiger partial charge in [0.15, 0.2) is 6.29 Å². The van der Waals surface area contributed by atoms with Gasteiger partial charge in [0.1, 0.15) is 24.4 Å². The van der Waals surface area contributed by atoms with E-state index < -0.39 is 72.7 Å². The maximum atomic E-state index is 12.2. The average Bonchev–Trinajstić information content (AvgIpc) is 3.36. The molecule has 0 spiro atoms. The molecule has 1 heterocycles. The van der Waals surface area contributed by atoms with Crippen LogP contribution in [0.2, 0.25) is 0 Å². The molecular formula is C36H62O10. The van der Waals surface area contributed by atoms with Gasteiger partial charge < -0.3 is 50.3 Å². The highest BCUT2D eigenvalue weighted by Gasteiger charge is 2.73. The second-order valence-corrected chi connectivity index (χ2v) is 17.5. The number of aliphatic hydroxyl groups excluding tert-OH is 8. The van der Waals surface area contributed by atoms with Crippen molar-refractivity contribution in [3.63, 3.8) is 0 Å². The molecule has 4 saturated carbocycles. The first-order chi connectivity index (χ1) is 21.2. The third kappa shape index (κ3) is 5.37. The van der Waals surface area contributed by atoms with Crippen LogP contribution >= 0.6 is 0 Å². The van der Waals surface area contributed by atoms with E-state index in [1.54, 1.807) is 6.92 Å². The van der Waals surface area contributed by atoms with E-state index in [4.69, 9.17) is 9.47 Å². The number of aliphatic hydroxyl groups is 8. The van der Waals surface area contributed by atoms with Crippen molar-refractivity contribution >= 4 is 0 Å². The Morgan fingerprint density at radius 1 is 0.935 bits per heavy atom. The van der Waals surface area contributed by atoms with E-state index in [-0.39, 0.29) is 39.9 Å². The van der Waals surface area contributed by atoms with E-state index in [0.29, 0.717) is 44.1 Å². The van der Waals surface area contributed by atoms with Crippen LogP contribution in [0.15, 0.2) is 12.2 Å². The van der Waals surface area contributed by atoms with Gasteiger partial charge in [-0.15, -0.1) is 0 Å². The number of fused-ring (bicyclic) bond motifs is 5. The molecule has 5 fully saturated rings. The van der Waals surface area contributed by atoms with Gasteiger partial charge in [-0.25, -0.2) is 0 Å². The number of ether oxygens (including phenoxy) is 2. The van der Waals surface area contributed by atoms with Crippen LogP contribution in [0, 0.1) is 45.3 Å². The second kappa shape index (κ2) is 12.3. The highest BCUT2D eigenvalue weighted by Crippen LogP contribution is 2.76. The highest BCUT2D eigenvalue weighted by molar-refractivity contribution is 5.21. The second-order valence-electron chi connectivity index (χ2n) is 17.5.